The van der Waals surface area contributed by atoms with Crippen LogP contribution in [0.3, 0.4) is 0 Å². The second-order valence-corrected chi connectivity index (χ2v) is 6.16. The predicted octanol–water partition coefficient (Wildman–Crippen LogP) is 3.58. The van der Waals surface area contributed by atoms with Gasteiger partial charge in [0.05, 0.1) is 16.6 Å². The summed E-state index contributed by atoms with van der Waals surface area (Å²) in [7, 11) is 0. The number of rotatable bonds is 4. The maximum absolute atomic E-state index is 12.3. The number of amides is 2. The van der Waals surface area contributed by atoms with Crippen molar-refractivity contribution in [2.45, 2.75) is 32.7 Å². The molecule has 1 aliphatic heterocycles. The molecule has 0 radical (unpaired) electrons. The summed E-state index contributed by atoms with van der Waals surface area (Å²) in [6.45, 7) is 4.48. The molecule has 1 aliphatic rings. The zero-order valence-electron chi connectivity index (χ0n) is 12.0. The molecule has 114 valence electrons. The van der Waals surface area contributed by atoms with Crippen LogP contribution >= 0.6 is 23.2 Å². The van der Waals surface area contributed by atoms with Crippen LogP contribution in [0, 0.1) is 5.92 Å². The number of nitrogens with one attached hydrogen (secondary N) is 1. The maximum Gasteiger partial charge on any atom is 0.229 e. The van der Waals surface area contributed by atoms with E-state index in [2.05, 4.69) is 5.32 Å². The highest BCUT2D eigenvalue weighted by atomic mass is 35.5. The molecule has 1 fully saturated rings. The fourth-order valence-corrected chi connectivity index (χ4v) is 2.83. The first kappa shape index (κ1) is 16.1. The predicted molar refractivity (Wildman–Crippen MR) is 84.7 cm³/mol. The lowest BCUT2D eigenvalue weighted by atomic mass is 10.1. The minimum Gasteiger partial charge on any atom is -0.339 e. The van der Waals surface area contributed by atoms with Gasteiger partial charge in [-0.2, -0.15) is 0 Å². The van der Waals surface area contributed by atoms with Gasteiger partial charge in [0.2, 0.25) is 11.8 Å². The van der Waals surface area contributed by atoms with Gasteiger partial charge in [0.1, 0.15) is 0 Å². The first-order valence-electron chi connectivity index (χ1n) is 6.97. The van der Waals surface area contributed by atoms with Gasteiger partial charge < -0.3 is 10.2 Å². The fraction of sp³-hybridized carbons (Fsp3) is 0.467. The Morgan fingerprint density at radius 2 is 2.19 bits per heavy atom. The van der Waals surface area contributed by atoms with E-state index in [0.29, 0.717) is 22.3 Å². The number of carbonyl (C=O) groups is 2. The second kappa shape index (κ2) is 6.67. The smallest absolute Gasteiger partial charge is 0.229 e. The van der Waals surface area contributed by atoms with Gasteiger partial charge in [-0.15, -0.1) is 0 Å². The molecule has 1 heterocycles. The van der Waals surface area contributed by atoms with E-state index >= 15 is 0 Å². The van der Waals surface area contributed by atoms with E-state index in [9.17, 15) is 9.59 Å². The van der Waals surface area contributed by atoms with Gasteiger partial charge in [0.15, 0.2) is 0 Å². The summed E-state index contributed by atoms with van der Waals surface area (Å²) >= 11 is 11.9. The van der Waals surface area contributed by atoms with Crippen LogP contribution in [0.2, 0.25) is 10.0 Å². The molecule has 0 spiro atoms. The molecule has 0 saturated carbocycles. The molecule has 0 aliphatic carbocycles. The van der Waals surface area contributed by atoms with Crippen LogP contribution in [-0.2, 0) is 9.59 Å². The van der Waals surface area contributed by atoms with Crippen LogP contribution in [0.15, 0.2) is 18.2 Å². The maximum atomic E-state index is 12.3. The summed E-state index contributed by atoms with van der Waals surface area (Å²) in [6.07, 6.45) is 1.13. The van der Waals surface area contributed by atoms with E-state index in [4.69, 9.17) is 23.2 Å². The molecule has 4 nitrogen and oxygen atoms in total. The number of carbonyl (C=O) groups excluding carboxylic acids is 2. The molecule has 2 unspecified atom stereocenters. The van der Waals surface area contributed by atoms with Crippen LogP contribution in [-0.4, -0.2) is 29.3 Å². The first-order valence-corrected chi connectivity index (χ1v) is 7.73. The third-order valence-corrected chi connectivity index (χ3v) is 4.39. The summed E-state index contributed by atoms with van der Waals surface area (Å²) < 4.78 is 0. The topological polar surface area (TPSA) is 49.4 Å². The number of benzene rings is 1. The van der Waals surface area contributed by atoms with Crippen molar-refractivity contribution in [1.82, 2.24) is 4.90 Å². The molecule has 21 heavy (non-hydrogen) atoms. The lowest BCUT2D eigenvalue weighted by molar-refractivity contribution is -0.129. The molecule has 2 atom stereocenters. The molecule has 2 rings (SSSR count). The van der Waals surface area contributed by atoms with Crippen molar-refractivity contribution in [3.63, 3.8) is 0 Å². The van der Waals surface area contributed by atoms with E-state index in [1.165, 1.54) is 0 Å². The Hall–Kier alpha value is -1.26. The van der Waals surface area contributed by atoms with E-state index in [0.717, 1.165) is 6.42 Å². The Morgan fingerprint density at radius 1 is 1.48 bits per heavy atom. The molecular weight excluding hydrogens is 311 g/mol. The van der Waals surface area contributed by atoms with E-state index in [-0.39, 0.29) is 30.2 Å². The van der Waals surface area contributed by atoms with Gasteiger partial charge in [0, 0.05) is 24.0 Å². The first-order chi connectivity index (χ1) is 9.92. The van der Waals surface area contributed by atoms with Gasteiger partial charge >= 0.3 is 0 Å². The average molecular weight is 329 g/mol. The van der Waals surface area contributed by atoms with Crippen LogP contribution in [0.25, 0.3) is 0 Å². The summed E-state index contributed by atoms with van der Waals surface area (Å²) in [5, 5.41) is 3.67. The minimum absolute atomic E-state index is 0.0340. The number of hydrogen-bond acceptors (Lipinski definition) is 2. The molecule has 0 aromatic heterocycles. The number of likely N-dealkylation sites (tertiary alicyclic amines) is 1. The lowest BCUT2D eigenvalue weighted by Crippen LogP contribution is -2.35. The number of anilines is 1. The summed E-state index contributed by atoms with van der Waals surface area (Å²) in [5.74, 6) is -0.483. The zero-order chi connectivity index (χ0) is 15.6. The Morgan fingerprint density at radius 3 is 2.81 bits per heavy atom. The van der Waals surface area contributed by atoms with Crippen LogP contribution < -0.4 is 5.32 Å². The van der Waals surface area contributed by atoms with Crippen LogP contribution in [0.1, 0.15) is 26.7 Å². The highest BCUT2D eigenvalue weighted by molar-refractivity contribution is 6.36. The second-order valence-electron chi connectivity index (χ2n) is 5.32. The molecule has 0 bridgehead atoms. The normalized spacial score (nSPS) is 19.7. The van der Waals surface area contributed by atoms with E-state index in [1.54, 1.807) is 23.1 Å². The van der Waals surface area contributed by atoms with Crippen molar-refractivity contribution < 1.29 is 9.59 Å². The van der Waals surface area contributed by atoms with Crippen molar-refractivity contribution in [2.75, 3.05) is 11.9 Å². The van der Waals surface area contributed by atoms with Gasteiger partial charge in [-0.3, -0.25) is 9.59 Å². The minimum atomic E-state index is -0.335. The van der Waals surface area contributed by atoms with Gasteiger partial charge in [-0.05, 0) is 31.5 Å². The molecule has 6 heteroatoms. The van der Waals surface area contributed by atoms with Crippen molar-refractivity contribution in [3.8, 4) is 0 Å². The van der Waals surface area contributed by atoms with Crippen molar-refractivity contribution in [2.24, 2.45) is 5.92 Å². The summed E-state index contributed by atoms with van der Waals surface area (Å²) in [6, 6.07) is 5.05. The Bertz CT molecular complexity index is 563. The van der Waals surface area contributed by atoms with E-state index in [1.807, 2.05) is 13.8 Å². The quantitative estimate of drug-likeness (QED) is 0.918. The van der Waals surface area contributed by atoms with Gasteiger partial charge in [0.25, 0.3) is 0 Å². The molecule has 1 aromatic rings. The Balaban J connectivity index is 2.03. The number of hydrogen-bond donors (Lipinski definition) is 1. The largest absolute Gasteiger partial charge is 0.339 e. The molecule has 1 aromatic carbocycles. The molecule has 2 amide bonds. The third-order valence-electron chi connectivity index (χ3n) is 3.84. The average Bonchev–Trinajstić information content (AvgIpc) is 2.83. The standard InChI is InChI=1S/C15H18Cl2N2O2/c1-3-9(2)19-8-10(6-14(19)20)15(21)18-13-5-4-11(16)7-12(13)17/h4-5,7,9-10H,3,6,8H2,1-2H3,(H,18,21). The number of halogens is 2. The molecule has 1 N–H and O–H groups in total. The van der Waals surface area contributed by atoms with Gasteiger partial charge in [-0.1, -0.05) is 30.1 Å². The highest BCUT2D eigenvalue weighted by Crippen LogP contribution is 2.27. The Labute approximate surface area is 134 Å². The SMILES string of the molecule is CCC(C)N1CC(C(=O)Nc2ccc(Cl)cc2Cl)CC1=O. The highest BCUT2D eigenvalue weighted by Gasteiger charge is 2.36. The van der Waals surface area contributed by atoms with Gasteiger partial charge in [-0.25, -0.2) is 0 Å². The van der Waals surface area contributed by atoms with Crippen molar-refractivity contribution in [1.29, 1.82) is 0 Å². The van der Waals surface area contributed by atoms with E-state index < -0.39 is 0 Å². The van der Waals surface area contributed by atoms with Crippen LogP contribution in [0.5, 0.6) is 0 Å². The van der Waals surface area contributed by atoms with Crippen LogP contribution in [0.4, 0.5) is 5.69 Å². The molecule has 1 saturated heterocycles. The van der Waals surface area contributed by atoms with Crippen molar-refractivity contribution >= 4 is 40.7 Å². The molecular formula is C15H18Cl2N2O2. The zero-order valence-corrected chi connectivity index (χ0v) is 13.5. The lowest BCUT2D eigenvalue weighted by Gasteiger charge is -2.23. The third kappa shape index (κ3) is 3.69. The Kier molecular flexibility index (Phi) is 5.12. The fourth-order valence-electron chi connectivity index (χ4n) is 2.38. The summed E-state index contributed by atoms with van der Waals surface area (Å²) in [4.78, 5) is 26.0. The van der Waals surface area contributed by atoms with Crippen molar-refractivity contribution in [3.05, 3.63) is 28.2 Å². The summed E-state index contributed by atoms with van der Waals surface area (Å²) in [5.41, 5.74) is 0.514. The monoisotopic (exact) mass is 328 g/mol. The number of nitrogens with zero attached hydrogens (tertiary/aromatic N) is 1.